The summed E-state index contributed by atoms with van der Waals surface area (Å²) in [5.41, 5.74) is 6.25. The maximum atomic E-state index is 12.0. The monoisotopic (exact) mass is 570 g/mol. The number of benzene rings is 1. The molecule has 4 rings (SSSR count). The van der Waals surface area contributed by atoms with Gasteiger partial charge in [-0.2, -0.15) is 4.98 Å². The van der Waals surface area contributed by atoms with Crippen molar-refractivity contribution < 1.29 is 28.9 Å². The molecule has 1 aromatic carbocycles. The molecule has 0 bridgehead atoms. The Bertz CT molecular complexity index is 1310. The lowest BCUT2D eigenvalue weighted by atomic mass is 10.0. The van der Waals surface area contributed by atoms with Gasteiger partial charge in [-0.05, 0) is 42.5 Å². The van der Waals surface area contributed by atoms with Crippen molar-refractivity contribution in [3.05, 3.63) is 53.4 Å². The summed E-state index contributed by atoms with van der Waals surface area (Å²) in [6.07, 6.45) is 13.3. The van der Waals surface area contributed by atoms with Crippen molar-refractivity contribution in [1.29, 1.82) is 0 Å². The molecule has 11 heteroatoms. The zero-order chi connectivity index (χ0) is 29.0. The van der Waals surface area contributed by atoms with E-state index in [2.05, 4.69) is 22.8 Å². The second-order valence-electron chi connectivity index (χ2n) is 9.46. The Labute approximate surface area is 238 Å². The zero-order valence-corrected chi connectivity index (χ0v) is 23.3. The lowest BCUT2D eigenvalue weighted by molar-refractivity contribution is -0.137. The third kappa shape index (κ3) is 8.86. The highest BCUT2D eigenvalue weighted by Crippen LogP contribution is 2.38. The normalized spacial score (nSPS) is 18.0. The number of aliphatic carboxylic acids is 1. The van der Waals surface area contributed by atoms with Crippen molar-refractivity contribution >= 4 is 40.6 Å². The van der Waals surface area contributed by atoms with Crippen LogP contribution in [0.2, 0.25) is 5.28 Å². The van der Waals surface area contributed by atoms with Gasteiger partial charge in [0.25, 0.3) is 0 Å². The summed E-state index contributed by atoms with van der Waals surface area (Å²) in [6, 6.07) is 11.1. The maximum absolute atomic E-state index is 12.0. The summed E-state index contributed by atoms with van der Waals surface area (Å²) < 4.78 is 18.2. The number of rotatable bonds is 11. The van der Waals surface area contributed by atoms with Crippen molar-refractivity contribution in [3.8, 4) is 12.3 Å². The SMILES string of the molecule is C#C[C@@]1(COC(=O)OCc2ccccc2)CC[C@H](n2ccc3c(N)nc(Cl)nc32)O1.CCCCCCCC(=O)O. The predicted octanol–water partition coefficient (Wildman–Crippen LogP) is 6.13. The van der Waals surface area contributed by atoms with E-state index < -0.39 is 24.0 Å². The molecule has 0 amide bonds. The average molecular weight is 571 g/mol. The minimum absolute atomic E-state index is 0.0469. The van der Waals surface area contributed by atoms with Crippen molar-refractivity contribution in [2.45, 2.75) is 76.7 Å². The van der Waals surface area contributed by atoms with Crippen molar-refractivity contribution in [3.63, 3.8) is 0 Å². The molecule has 0 radical (unpaired) electrons. The number of nitrogens with two attached hydrogens (primary N) is 1. The van der Waals surface area contributed by atoms with Crippen LogP contribution in [0.25, 0.3) is 11.0 Å². The Kier molecular flexibility index (Phi) is 11.6. The average Bonchev–Trinajstić information content (AvgIpc) is 3.56. The molecule has 0 spiro atoms. The Morgan fingerprint density at radius 3 is 2.65 bits per heavy atom. The molecule has 0 unspecified atom stereocenters. The molecule has 0 aliphatic carbocycles. The van der Waals surface area contributed by atoms with Gasteiger partial charge in [-0.1, -0.05) is 68.9 Å². The third-order valence-corrected chi connectivity index (χ3v) is 6.59. The molecule has 1 saturated heterocycles. The van der Waals surface area contributed by atoms with Gasteiger partial charge in [-0.25, -0.2) is 9.78 Å². The molecule has 2 aromatic heterocycles. The van der Waals surface area contributed by atoms with E-state index in [0.29, 0.717) is 30.3 Å². The fraction of sp³-hybridized carbons (Fsp3) is 0.448. The van der Waals surface area contributed by atoms with Crippen LogP contribution in [0.5, 0.6) is 0 Å². The molecule has 1 aliphatic heterocycles. The summed E-state index contributed by atoms with van der Waals surface area (Å²) in [5.74, 6) is 2.23. The number of carbonyl (C=O) groups is 2. The Morgan fingerprint density at radius 2 is 1.95 bits per heavy atom. The highest BCUT2D eigenvalue weighted by molar-refractivity contribution is 6.28. The molecule has 1 aliphatic rings. The summed E-state index contributed by atoms with van der Waals surface area (Å²) >= 11 is 5.94. The highest BCUT2D eigenvalue weighted by atomic mass is 35.5. The number of fused-ring (bicyclic) bond motifs is 1. The molecular weight excluding hydrogens is 536 g/mol. The predicted molar refractivity (Wildman–Crippen MR) is 151 cm³/mol. The van der Waals surface area contributed by atoms with Crippen LogP contribution in [-0.2, 0) is 25.6 Å². The summed E-state index contributed by atoms with van der Waals surface area (Å²) in [6.45, 7) is 2.14. The van der Waals surface area contributed by atoms with E-state index in [1.54, 1.807) is 16.8 Å². The van der Waals surface area contributed by atoms with Crippen LogP contribution in [0.15, 0.2) is 42.6 Å². The molecular formula is C29H35ClN4O6. The summed E-state index contributed by atoms with van der Waals surface area (Å²) in [4.78, 5) is 30.2. The highest BCUT2D eigenvalue weighted by Gasteiger charge is 2.41. The first-order chi connectivity index (χ1) is 19.3. The molecule has 40 heavy (non-hydrogen) atoms. The van der Waals surface area contributed by atoms with E-state index in [1.165, 1.54) is 19.3 Å². The Hall–Kier alpha value is -3.81. The number of terminal acetylenes is 1. The quantitative estimate of drug-likeness (QED) is 0.120. The number of hydrogen-bond donors (Lipinski definition) is 2. The van der Waals surface area contributed by atoms with E-state index in [1.807, 2.05) is 30.3 Å². The number of anilines is 1. The van der Waals surface area contributed by atoms with E-state index in [-0.39, 0.29) is 24.3 Å². The van der Waals surface area contributed by atoms with Crippen LogP contribution >= 0.6 is 11.6 Å². The number of halogens is 1. The van der Waals surface area contributed by atoms with Crippen LogP contribution in [0.4, 0.5) is 10.6 Å². The number of aromatic nitrogens is 3. The summed E-state index contributed by atoms with van der Waals surface area (Å²) in [7, 11) is 0. The number of carbonyl (C=O) groups excluding carboxylic acids is 1. The second-order valence-corrected chi connectivity index (χ2v) is 9.80. The minimum atomic E-state index is -1.06. The molecule has 2 atom stereocenters. The summed E-state index contributed by atoms with van der Waals surface area (Å²) in [5, 5.41) is 8.99. The van der Waals surface area contributed by atoms with E-state index in [4.69, 9.17) is 43.1 Å². The first kappa shape index (κ1) is 30.7. The van der Waals surface area contributed by atoms with Gasteiger partial charge in [0.05, 0.1) is 5.39 Å². The van der Waals surface area contributed by atoms with Gasteiger partial charge in [0.15, 0.2) is 5.60 Å². The second kappa shape index (κ2) is 15.1. The number of nitrogen functional groups attached to an aromatic ring is 1. The Balaban J connectivity index is 0.000000378. The van der Waals surface area contributed by atoms with Crippen molar-refractivity contribution in [1.82, 2.24) is 14.5 Å². The van der Waals surface area contributed by atoms with E-state index in [9.17, 15) is 9.59 Å². The van der Waals surface area contributed by atoms with Crippen molar-refractivity contribution in [2.24, 2.45) is 0 Å². The number of unbranched alkanes of at least 4 members (excludes halogenated alkanes) is 4. The molecule has 0 saturated carbocycles. The smallest absolute Gasteiger partial charge is 0.481 e. The molecule has 214 valence electrons. The van der Waals surface area contributed by atoms with Crippen LogP contribution in [0, 0.1) is 12.3 Å². The lowest BCUT2D eigenvalue weighted by Crippen LogP contribution is -2.34. The first-order valence-corrected chi connectivity index (χ1v) is 13.6. The Morgan fingerprint density at radius 1 is 1.20 bits per heavy atom. The standard InChI is InChI=1S/C21H19ClN4O4.C8H16O2/c1-2-21(13-29-20(27)28-12-14-6-4-3-5-7-14)10-8-16(30-21)26-11-9-15-17(23)24-19(22)25-18(15)26;1-2-3-4-5-6-7-8(9)10/h1,3-7,9,11,16H,8,10,12-13H2,(H2,23,24,25);2-7H2,1H3,(H,9,10)/t16-,21+;/m1./s1. The topological polar surface area (TPSA) is 139 Å². The van der Waals surface area contributed by atoms with Gasteiger partial charge in [0, 0.05) is 12.6 Å². The zero-order valence-electron chi connectivity index (χ0n) is 22.6. The third-order valence-electron chi connectivity index (χ3n) is 6.42. The van der Waals surface area contributed by atoms with Crippen LogP contribution in [-0.4, -0.2) is 44.0 Å². The number of ether oxygens (including phenoxy) is 3. The van der Waals surface area contributed by atoms with Crippen LogP contribution < -0.4 is 5.73 Å². The molecule has 3 N–H and O–H groups in total. The number of nitrogens with zero attached hydrogens (tertiary/aromatic N) is 3. The number of carboxylic acids is 1. The molecule has 3 heterocycles. The van der Waals surface area contributed by atoms with Gasteiger partial charge in [-0.3, -0.25) is 4.79 Å². The van der Waals surface area contributed by atoms with Crippen LogP contribution in [0.3, 0.4) is 0 Å². The van der Waals surface area contributed by atoms with Gasteiger partial charge >= 0.3 is 12.1 Å². The van der Waals surface area contributed by atoms with Crippen LogP contribution in [0.1, 0.15) is 70.1 Å². The first-order valence-electron chi connectivity index (χ1n) is 13.3. The minimum Gasteiger partial charge on any atom is -0.481 e. The van der Waals surface area contributed by atoms with E-state index in [0.717, 1.165) is 18.4 Å². The van der Waals surface area contributed by atoms with Gasteiger partial charge in [0.1, 0.15) is 30.9 Å². The number of hydrogen-bond acceptors (Lipinski definition) is 8. The lowest BCUT2D eigenvalue weighted by Gasteiger charge is -2.23. The molecule has 10 nitrogen and oxygen atoms in total. The fourth-order valence-corrected chi connectivity index (χ4v) is 4.43. The van der Waals surface area contributed by atoms with Gasteiger partial charge in [0.2, 0.25) is 5.28 Å². The van der Waals surface area contributed by atoms with Crippen molar-refractivity contribution in [2.75, 3.05) is 12.3 Å². The molecule has 3 aromatic rings. The van der Waals surface area contributed by atoms with Gasteiger partial charge < -0.3 is 29.6 Å². The maximum Gasteiger partial charge on any atom is 0.508 e. The molecule has 1 fully saturated rings. The van der Waals surface area contributed by atoms with E-state index >= 15 is 0 Å². The largest absolute Gasteiger partial charge is 0.508 e. The van der Waals surface area contributed by atoms with Gasteiger partial charge in [-0.15, -0.1) is 6.42 Å². The number of carboxylic acid groups (broad SMARTS) is 1. The fourth-order valence-electron chi connectivity index (χ4n) is 4.26.